The van der Waals surface area contributed by atoms with Gasteiger partial charge in [-0.15, -0.1) is 11.6 Å². The lowest BCUT2D eigenvalue weighted by atomic mass is 9.93. The van der Waals surface area contributed by atoms with Crippen LogP contribution in [0.2, 0.25) is 0 Å². The molecule has 0 N–H and O–H groups in total. The van der Waals surface area contributed by atoms with Gasteiger partial charge >= 0.3 is 0 Å². The highest BCUT2D eigenvalue weighted by molar-refractivity contribution is 9.10. The Kier molecular flexibility index (Phi) is 4.94. The Morgan fingerprint density at radius 2 is 1.74 bits per heavy atom. The lowest BCUT2D eigenvalue weighted by Gasteiger charge is -2.15. The van der Waals surface area contributed by atoms with Gasteiger partial charge in [0.1, 0.15) is 11.6 Å². The molecule has 1 unspecified atom stereocenters. The summed E-state index contributed by atoms with van der Waals surface area (Å²) in [5.74, 6) is -0.690. The van der Waals surface area contributed by atoms with Crippen molar-refractivity contribution in [3.05, 3.63) is 69.7 Å². The smallest absolute Gasteiger partial charge is 0.126 e. The maximum Gasteiger partial charge on any atom is 0.126 e. The molecule has 2 aromatic carbocycles. The molecule has 1 atom stereocenters. The van der Waals surface area contributed by atoms with E-state index in [1.165, 1.54) is 12.1 Å². The largest absolute Gasteiger partial charge is 0.207 e. The van der Waals surface area contributed by atoms with E-state index < -0.39 is 11.6 Å². The lowest BCUT2D eigenvalue weighted by molar-refractivity contribution is 0.577. The van der Waals surface area contributed by atoms with Gasteiger partial charge in [0.25, 0.3) is 0 Å². The fraction of sp³-hybridized carbons (Fsp3) is 0.200. The van der Waals surface area contributed by atoms with Crippen molar-refractivity contribution < 1.29 is 8.78 Å². The van der Waals surface area contributed by atoms with E-state index in [-0.39, 0.29) is 5.92 Å². The first-order valence-electron chi connectivity index (χ1n) is 5.85. The van der Waals surface area contributed by atoms with Crippen molar-refractivity contribution in [1.82, 2.24) is 0 Å². The van der Waals surface area contributed by atoms with Crippen LogP contribution in [-0.2, 0) is 6.42 Å². The summed E-state index contributed by atoms with van der Waals surface area (Å²) in [6.45, 7) is 0. The number of hydrogen-bond donors (Lipinski definition) is 0. The van der Waals surface area contributed by atoms with Crippen molar-refractivity contribution in [2.24, 2.45) is 0 Å². The van der Waals surface area contributed by atoms with Crippen LogP contribution in [0.3, 0.4) is 0 Å². The summed E-state index contributed by atoms with van der Waals surface area (Å²) in [5, 5.41) is 0. The van der Waals surface area contributed by atoms with E-state index in [1.807, 2.05) is 24.3 Å². The molecule has 0 aromatic heterocycles. The Labute approximate surface area is 124 Å². The highest BCUT2D eigenvalue weighted by Gasteiger charge is 2.13. The molecule has 0 saturated heterocycles. The minimum absolute atomic E-state index is 0.0281. The van der Waals surface area contributed by atoms with Gasteiger partial charge < -0.3 is 0 Å². The predicted molar refractivity (Wildman–Crippen MR) is 77.7 cm³/mol. The van der Waals surface area contributed by atoms with Crippen LogP contribution < -0.4 is 0 Å². The summed E-state index contributed by atoms with van der Waals surface area (Å²) in [6, 6.07) is 11.4. The zero-order valence-electron chi connectivity index (χ0n) is 10.0. The van der Waals surface area contributed by atoms with Gasteiger partial charge in [0.05, 0.1) is 0 Å². The SMILES string of the molecule is Fc1cc(F)cc(CC(CCl)c2cccc(Br)c2)c1. The monoisotopic (exact) mass is 344 g/mol. The molecule has 0 saturated carbocycles. The fourth-order valence-corrected chi connectivity index (χ4v) is 2.74. The zero-order valence-corrected chi connectivity index (χ0v) is 12.4. The van der Waals surface area contributed by atoms with Crippen LogP contribution in [0.1, 0.15) is 17.0 Å². The van der Waals surface area contributed by atoms with Crippen LogP contribution in [0, 0.1) is 11.6 Å². The van der Waals surface area contributed by atoms with Crippen LogP contribution >= 0.6 is 27.5 Å². The lowest BCUT2D eigenvalue weighted by Crippen LogP contribution is -2.05. The molecule has 0 spiro atoms. The quantitative estimate of drug-likeness (QED) is 0.660. The number of halogens is 4. The van der Waals surface area contributed by atoms with E-state index in [9.17, 15) is 8.78 Å². The molecule has 2 aromatic rings. The highest BCUT2D eigenvalue weighted by Crippen LogP contribution is 2.25. The maximum atomic E-state index is 13.2. The van der Waals surface area contributed by atoms with Crippen LogP contribution in [0.15, 0.2) is 46.9 Å². The summed E-state index contributed by atoms with van der Waals surface area (Å²) >= 11 is 9.39. The molecule has 0 aliphatic heterocycles. The first kappa shape index (κ1) is 14.5. The number of benzene rings is 2. The van der Waals surface area contributed by atoms with E-state index in [4.69, 9.17) is 11.6 Å². The topological polar surface area (TPSA) is 0 Å². The van der Waals surface area contributed by atoms with Crippen molar-refractivity contribution in [2.45, 2.75) is 12.3 Å². The van der Waals surface area contributed by atoms with Crippen molar-refractivity contribution in [2.75, 3.05) is 5.88 Å². The Morgan fingerprint density at radius 3 is 2.32 bits per heavy atom. The molecule has 0 fully saturated rings. The van der Waals surface area contributed by atoms with Crippen molar-refractivity contribution in [3.63, 3.8) is 0 Å². The van der Waals surface area contributed by atoms with Crippen molar-refractivity contribution in [1.29, 1.82) is 0 Å². The van der Waals surface area contributed by atoms with Crippen molar-refractivity contribution in [3.8, 4) is 0 Å². The minimum atomic E-state index is -0.558. The Balaban J connectivity index is 2.23. The van der Waals surface area contributed by atoms with Gasteiger partial charge in [-0.25, -0.2) is 8.78 Å². The molecule has 0 aliphatic carbocycles. The third-order valence-corrected chi connectivity index (χ3v) is 3.78. The second kappa shape index (κ2) is 6.49. The van der Waals surface area contributed by atoms with E-state index in [0.717, 1.165) is 16.1 Å². The molecule has 0 bridgehead atoms. The molecule has 0 nitrogen and oxygen atoms in total. The first-order valence-corrected chi connectivity index (χ1v) is 7.17. The summed E-state index contributed by atoms with van der Waals surface area (Å²) in [7, 11) is 0. The molecule has 0 heterocycles. The first-order chi connectivity index (χ1) is 9.08. The van der Waals surface area contributed by atoms with Gasteiger partial charge in [0, 0.05) is 22.3 Å². The molecule has 4 heteroatoms. The average molecular weight is 346 g/mol. The third-order valence-electron chi connectivity index (χ3n) is 2.91. The van der Waals surface area contributed by atoms with Crippen molar-refractivity contribution >= 4 is 27.5 Å². The summed E-state index contributed by atoms with van der Waals surface area (Å²) in [6.07, 6.45) is 0.509. The Morgan fingerprint density at radius 1 is 1.05 bits per heavy atom. The Hall–Kier alpha value is -0.930. The number of hydrogen-bond acceptors (Lipinski definition) is 0. The number of alkyl halides is 1. The summed E-state index contributed by atoms with van der Waals surface area (Å²) < 4.78 is 27.3. The highest BCUT2D eigenvalue weighted by atomic mass is 79.9. The molecule has 2 rings (SSSR count). The molecule has 0 radical (unpaired) electrons. The van der Waals surface area contributed by atoms with Gasteiger partial charge in [-0.1, -0.05) is 28.1 Å². The number of rotatable bonds is 4. The maximum absolute atomic E-state index is 13.2. The fourth-order valence-electron chi connectivity index (χ4n) is 2.04. The predicted octanol–water partition coefficient (Wildman–Crippen LogP) is 5.29. The van der Waals surface area contributed by atoms with E-state index in [0.29, 0.717) is 17.9 Å². The van der Waals surface area contributed by atoms with E-state index in [1.54, 1.807) is 0 Å². The van der Waals surface area contributed by atoms with Gasteiger partial charge in [0.2, 0.25) is 0 Å². The summed E-state index contributed by atoms with van der Waals surface area (Å²) in [5.41, 5.74) is 1.66. The van der Waals surface area contributed by atoms with Gasteiger partial charge in [-0.05, 0) is 41.8 Å². The van der Waals surface area contributed by atoms with Crippen LogP contribution in [0.4, 0.5) is 8.78 Å². The molecule has 0 amide bonds. The molecule has 100 valence electrons. The zero-order chi connectivity index (χ0) is 13.8. The van der Waals surface area contributed by atoms with Crippen LogP contribution in [-0.4, -0.2) is 5.88 Å². The molecule has 19 heavy (non-hydrogen) atoms. The normalized spacial score (nSPS) is 12.4. The van der Waals surface area contributed by atoms with Gasteiger partial charge in [0.15, 0.2) is 0 Å². The Bertz CT molecular complexity index is 552. The minimum Gasteiger partial charge on any atom is -0.207 e. The molecular formula is C15H12BrClF2. The summed E-state index contributed by atoms with van der Waals surface area (Å²) in [4.78, 5) is 0. The van der Waals surface area contributed by atoms with Gasteiger partial charge in [-0.2, -0.15) is 0 Å². The van der Waals surface area contributed by atoms with Crippen LogP contribution in [0.25, 0.3) is 0 Å². The second-order valence-corrected chi connectivity index (χ2v) is 5.61. The van der Waals surface area contributed by atoms with Gasteiger partial charge in [-0.3, -0.25) is 0 Å². The standard InChI is InChI=1S/C15H12BrClF2/c16-13-3-1-2-11(7-13)12(9-17)4-10-5-14(18)8-15(19)6-10/h1-3,5-8,12H,4,9H2. The second-order valence-electron chi connectivity index (χ2n) is 4.39. The average Bonchev–Trinajstić information content (AvgIpc) is 2.34. The third kappa shape index (κ3) is 4.02. The molecular weight excluding hydrogens is 334 g/mol. The van der Waals surface area contributed by atoms with Crippen LogP contribution in [0.5, 0.6) is 0 Å². The molecule has 0 aliphatic rings. The van der Waals surface area contributed by atoms with E-state index >= 15 is 0 Å². The van der Waals surface area contributed by atoms with E-state index in [2.05, 4.69) is 15.9 Å².